The van der Waals surface area contributed by atoms with Gasteiger partial charge in [-0.1, -0.05) is 24.3 Å². The van der Waals surface area contributed by atoms with Gasteiger partial charge in [0.2, 0.25) is 0 Å². The summed E-state index contributed by atoms with van der Waals surface area (Å²) < 4.78 is 0. The normalized spacial score (nSPS) is 34.8. The van der Waals surface area contributed by atoms with Gasteiger partial charge in [0, 0.05) is 18.5 Å². The summed E-state index contributed by atoms with van der Waals surface area (Å²) in [4.78, 5) is 0. The van der Waals surface area contributed by atoms with E-state index < -0.39 is 5.60 Å². The van der Waals surface area contributed by atoms with Crippen LogP contribution in [-0.4, -0.2) is 30.3 Å². The first kappa shape index (κ1) is 13.1. The molecular formula is C16H24N2O. The number of piperidine rings is 1. The first-order valence-electron chi connectivity index (χ1n) is 7.43. The molecular weight excluding hydrogens is 236 g/mol. The maximum atomic E-state index is 11.3. The monoisotopic (exact) mass is 260 g/mol. The number of β-amino-alcohol motifs (C(OH)–C–C–N with tert-alkyl or cyclic N) is 1. The van der Waals surface area contributed by atoms with Gasteiger partial charge >= 0.3 is 0 Å². The van der Waals surface area contributed by atoms with Crippen molar-refractivity contribution in [2.45, 2.75) is 43.1 Å². The zero-order valence-corrected chi connectivity index (χ0v) is 11.5. The second-order valence-electron chi connectivity index (χ2n) is 6.11. The van der Waals surface area contributed by atoms with Crippen LogP contribution in [0.3, 0.4) is 0 Å². The minimum absolute atomic E-state index is 0.269. The van der Waals surface area contributed by atoms with Gasteiger partial charge in [0.1, 0.15) is 0 Å². The molecule has 2 atom stereocenters. The van der Waals surface area contributed by atoms with Gasteiger partial charge in [-0.05, 0) is 49.8 Å². The molecule has 4 N–H and O–H groups in total. The summed E-state index contributed by atoms with van der Waals surface area (Å²) in [5, 5.41) is 14.6. The molecule has 3 heteroatoms. The Hall–Kier alpha value is -0.900. The summed E-state index contributed by atoms with van der Waals surface area (Å²) >= 11 is 0. The van der Waals surface area contributed by atoms with Crippen molar-refractivity contribution in [3.8, 4) is 0 Å². The maximum absolute atomic E-state index is 11.3. The van der Waals surface area contributed by atoms with E-state index in [-0.39, 0.29) is 5.41 Å². The van der Waals surface area contributed by atoms with E-state index in [2.05, 4.69) is 29.6 Å². The van der Waals surface area contributed by atoms with Gasteiger partial charge in [-0.3, -0.25) is 0 Å². The quantitative estimate of drug-likeness (QED) is 0.752. The Labute approximate surface area is 115 Å². The Kier molecular flexibility index (Phi) is 3.37. The van der Waals surface area contributed by atoms with Gasteiger partial charge in [-0.15, -0.1) is 0 Å². The summed E-state index contributed by atoms with van der Waals surface area (Å²) in [6, 6.07) is 8.54. The largest absolute Gasteiger partial charge is 0.388 e. The van der Waals surface area contributed by atoms with E-state index >= 15 is 0 Å². The molecule has 1 heterocycles. The fourth-order valence-corrected chi connectivity index (χ4v) is 4.10. The smallest absolute Gasteiger partial charge is 0.0880 e. The van der Waals surface area contributed by atoms with Crippen LogP contribution in [0.5, 0.6) is 0 Å². The zero-order chi connectivity index (χ0) is 13.3. The van der Waals surface area contributed by atoms with Crippen molar-refractivity contribution in [1.29, 1.82) is 0 Å². The molecule has 19 heavy (non-hydrogen) atoms. The number of hydrogen-bond acceptors (Lipinski definition) is 3. The summed E-state index contributed by atoms with van der Waals surface area (Å²) in [7, 11) is 0. The van der Waals surface area contributed by atoms with Crippen molar-refractivity contribution in [3.05, 3.63) is 35.4 Å². The predicted octanol–water partition coefficient (Wildman–Crippen LogP) is 1.33. The maximum Gasteiger partial charge on any atom is 0.0880 e. The second-order valence-corrected chi connectivity index (χ2v) is 6.11. The number of hydrogen-bond donors (Lipinski definition) is 3. The molecule has 104 valence electrons. The van der Waals surface area contributed by atoms with E-state index in [0.29, 0.717) is 13.1 Å². The lowest BCUT2D eigenvalue weighted by atomic mass is 9.58. The molecule has 0 aromatic heterocycles. The molecule has 1 saturated heterocycles. The molecule has 3 nitrogen and oxygen atoms in total. The second kappa shape index (κ2) is 4.89. The average molecular weight is 260 g/mol. The Morgan fingerprint density at radius 3 is 2.79 bits per heavy atom. The highest BCUT2D eigenvalue weighted by Crippen LogP contribution is 2.46. The summed E-state index contributed by atoms with van der Waals surface area (Å²) in [6.07, 6.45) is 5.11. The van der Waals surface area contributed by atoms with Gasteiger partial charge < -0.3 is 16.2 Å². The molecule has 1 fully saturated rings. The van der Waals surface area contributed by atoms with Gasteiger partial charge in [-0.2, -0.15) is 0 Å². The number of nitrogens with one attached hydrogen (secondary N) is 1. The molecule has 2 unspecified atom stereocenters. The van der Waals surface area contributed by atoms with Crippen LogP contribution in [0.4, 0.5) is 0 Å². The Bertz CT molecular complexity index is 454. The lowest BCUT2D eigenvalue weighted by molar-refractivity contribution is -0.0617. The van der Waals surface area contributed by atoms with Crippen LogP contribution in [0.2, 0.25) is 0 Å². The van der Waals surface area contributed by atoms with Crippen molar-refractivity contribution in [2.75, 3.05) is 19.6 Å². The third-order valence-electron chi connectivity index (χ3n) is 5.18. The van der Waals surface area contributed by atoms with Crippen molar-refractivity contribution in [2.24, 2.45) is 5.73 Å². The lowest BCUT2D eigenvalue weighted by Gasteiger charge is -2.52. The number of aliphatic hydroxyl groups is 1. The van der Waals surface area contributed by atoms with E-state index in [0.717, 1.165) is 38.6 Å². The van der Waals surface area contributed by atoms with E-state index in [1.54, 1.807) is 0 Å². The van der Waals surface area contributed by atoms with Crippen LogP contribution < -0.4 is 11.1 Å². The predicted molar refractivity (Wildman–Crippen MR) is 77.2 cm³/mol. The third kappa shape index (κ3) is 1.92. The van der Waals surface area contributed by atoms with Crippen molar-refractivity contribution >= 4 is 0 Å². The van der Waals surface area contributed by atoms with Gasteiger partial charge in [0.25, 0.3) is 0 Å². The van der Waals surface area contributed by atoms with Crippen LogP contribution in [-0.2, 0) is 11.8 Å². The van der Waals surface area contributed by atoms with Crippen molar-refractivity contribution in [3.63, 3.8) is 0 Å². The van der Waals surface area contributed by atoms with Crippen LogP contribution >= 0.6 is 0 Å². The SMILES string of the molecule is NCC1(C2(O)CCCNC2)CCCc2ccccc21. The van der Waals surface area contributed by atoms with E-state index in [4.69, 9.17) is 5.73 Å². The molecule has 1 aliphatic heterocycles. The molecule has 3 rings (SSSR count). The minimum atomic E-state index is -0.698. The van der Waals surface area contributed by atoms with Gasteiger partial charge in [0.15, 0.2) is 0 Å². The first-order valence-corrected chi connectivity index (χ1v) is 7.43. The molecule has 0 bridgehead atoms. The van der Waals surface area contributed by atoms with Crippen molar-refractivity contribution < 1.29 is 5.11 Å². The molecule has 2 aliphatic rings. The molecule has 1 aromatic carbocycles. The third-order valence-corrected chi connectivity index (χ3v) is 5.18. The molecule has 0 amide bonds. The standard InChI is InChI=1S/C16H24N2O/c17-11-15(16(19)9-4-10-18-12-16)8-3-6-13-5-1-2-7-14(13)15/h1-2,5,7,18-19H,3-4,6,8-12,17H2. The average Bonchev–Trinajstić information content (AvgIpc) is 2.47. The highest BCUT2D eigenvalue weighted by Gasteiger charge is 2.52. The number of benzene rings is 1. The summed E-state index contributed by atoms with van der Waals surface area (Å²) in [5.41, 5.74) is 7.88. The Morgan fingerprint density at radius 1 is 1.21 bits per heavy atom. The highest BCUT2D eigenvalue weighted by molar-refractivity contribution is 5.40. The first-order chi connectivity index (χ1) is 9.22. The lowest BCUT2D eigenvalue weighted by Crippen LogP contribution is -2.63. The van der Waals surface area contributed by atoms with Gasteiger partial charge in [0.05, 0.1) is 5.60 Å². The molecule has 1 aromatic rings. The van der Waals surface area contributed by atoms with Crippen LogP contribution in [0.1, 0.15) is 36.8 Å². The number of nitrogens with two attached hydrogens (primary N) is 1. The van der Waals surface area contributed by atoms with E-state index in [9.17, 15) is 5.11 Å². The Morgan fingerprint density at radius 2 is 2.05 bits per heavy atom. The molecule has 0 spiro atoms. The van der Waals surface area contributed by atoms with Crippen LogP contribution in [0.15, 0.2) is 24.3 Å². The summed E-state index contributed by atoms with van der Waals surface area (Å²) in [5.74, 6) is 0. The number of aryl methyl sites for hydroxylation is 1. The number of rotatable bonds is 2. The fraction of sp³-hybridized carbons (Fsp3) is 0.625. The van der Waals surface area contributed by atoms with Crippen LogP contribution in [0.25, 0.3) is 0 Å². The summed E-state index contributed by atoms with van der Waals surface area (Å²) in [6.45, 7) is 2.20. The van der Waals surface area contributed by atoms with E-state index in [1.807, 2.05) is 0 Å². The topological polar surface area (TPSA) is 58.3 Å². The minimum Gasteiger partial charge on any atom is -0.388 e. The highest BCUT2D eigenvalue weighted by atomic mass is 16.3. The fourth-order valence-electron chi connectivity index (χ4n) is 4.10. The van der Waals surface area contributed by atoms with E-state index in [1.165, 1.54) is 11.1 Å². The van der Waals surface area contributed by atoms with Gasteiger partial charge in [-0.25, -0.2) is 0 Å². The molecule has 0 saturated carbocycles. The zero-order valence-electron chi connectivity index (χ0n) is 11.5. The molecule has 0 radical (unpaired) electrons. The van der Waals surface area contributed by atoms with Crippen molar-refractivity contribution in [1.82, 2.24) is 5.32 Å². The Balaban J connectivity index is 2.09. The number of fused-ring (bicyclic) bond motifs is 1. The van der Waals surface area contributed by atoms with Crippen LogP contribution in [0, 0.1) is 0 Å². The molecule has 1 aliphatic carbocycles.